The Balaban J connectivity index is 2.62. The van der Waals surface area contributed by atoms with Crippen LogP contribution in [0.25, 0.3) is 0 Å². The Morgan fingerprint density at radius 1 is 1.31 bits per heavy atom. The van der Waals surface area contributed by atoms with Gasteiger partial charge >= 0.3 is 5.97 Å². The van der Waals surface area contributed by atoms with Gasteiger partial charge in [-0.2, -0.15) is 0 Å². The quantitative estimate of drug-likeness (QED) is 0.793. The topological polar surface area (TPSA) is 57.6 Å². The third kappa shape index (κ3) is 2.97. The Morgan fingerprint density at radius 2 is 1.88 bits per heavy atom. The molecule has 0 radical (unpaired) electrons. The van der Waals surface area contributed by atoms with Crippen LogP contribution in [-0.4, -0.2) is 35.5 Å². The molecule has 1 aliphatic carbocycles. The van der Waals surface area contributed by atoms with Crippen molar-refractivity contribution in [1.29, 1.82) is 0 Å². The normalized spacial score (nSPS) is 24.8. The van der Waals surface area contributed by atoms with Crippen LogP contribution < -0.4 is 0 Å². The summed E-state index contributed by atoms with van der Waals surface area (Å²) in [5.41, 5.74) is 0. The van der Waals surface area contributed by atoms with E-state index in [-0.39, 0.29) is 11.8 Å². The lowest BCUT2D eigenvalue weighted by Crippen LogP contribution is -2.38. The van der Waals surface area contributed by atoms with Crippen molar-refractivity contribution in [2.24, 2.45) is 17.8 Å². The van der Waals surface area contributed by atoms with Crippen LogP contribution in [0.2, 0.25) is 0 Å². The van der Waals surface area contributed by atoms with Crippen LogP contribution in [0.1, 0.15) is 33.1 Å². The van der Waals surface area contributed by atoms with Gasteiger partial charge in [0.15, 0.2) is 0 Å². The molecule has 2 atom stereocenters. The van der Waals surface area contributed by atoms with Crippen molar-refractivity contribution in [1.82, 2.24) is 4.90 Å². The summed E-state index contributed by atoms with van der Waals surface area (Å²) in [6.07, 6.45) is 2.21. The molecule has 0 heterocycles. The number of amides is 1. The smallest absolute Gasteiger partial charge is 0.307 e. The number of carbonyl (C=O) groups is 2. The molecule has 1 saturated carbocycles. The van der Waals surface area contributed by atoms with E-state index in [4.69, 9.17) is 5.11 Å². The fraction of sp³-hybridized carbons (Fsp3) is 0.833. The minimum atomic E-state index is -0.825. The molecule has 1 fully saturated rings. The van der Waals surface area contributed by atoms with Crippen molar-refractivity contribution < 1.29 is 14.7 Å². The SMILES string of the molecule is CC(C)CN(C)C(=O)C1CCCC1C(=O)O. The predicted molar refractivity (Wildman–Crippen MR) is 60.9 cm³/mol. The summed E-state index contributed by atoms with van der Waals surface area (Å²) >= 11 is 0. The lowest BCUT2D eigenvalue weighted by atomic mass is 9.94. The third-order valence-electron chi connectivity index (χ3n) is 3.17. The zero-order chi connectivity index (χ0) is 12.3. The number of aliphatic carboxylic acids is 1. The third-order valence-corrected chi connectivity index (χ3v) is 3.17. The van der Waals surface area contributed by atoms with E-state index in [9.17, 15) is 9.59 Å². The van der Waals surface area contributed by atoms with Gasteiger partial charge in [-0.15, -0.1) is 0 Å². The highest BCUT2D eigenvalue weighted by molar-refractivity contribution is 5.85. The molecule has 0 aromatic carbocycles. The molecule has 4 nitrogen and oxygen atoms in total. The average Bonchev–Trinajstić information content (AvgIpc) is 2.63. The molecule has 0 saturated heterocycles. The summed E-state index contributed by atoms with van der Waals surface area (Å²) in [5.74, 6) is -1.19. The molecule has 0 aromatic rings. The fourth-order valence-corrected chi connectivity index (χ4v) is 2.47. The number of carboxylic acids is 1. The van der Waals surface area contributed by atoms with Gasteiger partial charge in [0, 0.05) is 13.6 Å². The highest BCUT2D eigenvalue weighted by Gasteiger charge is 2.38. The Morgan fingerprint density at radius 3 is 2.38 bits per heavy atom. The van der Waals surface area contributed by atoms with Crippen molar-refractivity contribution in [3.8, 4) is 0 Å². The van der Waals surface area contributed by atoms with Crippen LogP contribution in [0, 0.1) is 17.8 Å². The minimum Gasteiger partial charge on any atom is -0.481 e. The maximum atomic E-state index is 12.1. The highest BCUT2D eigenvalue weighted by Crippen LogP contribution is 2.33. The first kappa shape index (κ1) is 13.0. The molecule has 16 heavy (non-hydrogen) atoms. The Hall–Kier alpha value is -1.06. The second kappa shape index (κ2) is 5.32. The van der Waals surface area contributed by atoms with Crippen LogP contribution in [-0.2, 0) is 9.59 Å². The number of carboxylic acid groups (broad SMARTS) is 1. The van der Waals surface area contributed by atoms with Crippen LogP contribution in [0.15, 0.2) is 0 Å². The van der Waals surface area contributed by atoms with E-state index in [0.29, 0.717) is 18.9 Å². The standard InChI is InChI=1S/C12H21NO3/c1-8(2)7-13(3)11(14)9-5-4-6-10(9)12(15)16/h8-10H,4-7H2,1-3H3,(H,15,16). The lowest BCUT2D eigenvalue weighted by molar-refractivity contribution is -0.148. The van der Waals surface area contributed by atoms with Crippen molar-refractivity contribution in [3.63, 3.8) is 0 Å². The molecule has 0 spiro atoms. The summed E-state index contributed by atoms with van der Waals surface area (Å²) in [4.78, 5) is 24.7. The van der Waals surface area contributed by atoms with E-state index in [1.165, 1.54) is 0 Å². The molecule has 0 aliphatic heterocycles. The van der Waals surface area contributed by atoms with E-state index in [1.54, 1.807) is 11.9 Å². The summed E-state index contributed by atoms with van der Waals surface area (Å²) in [6.45, 7) is 4.79. The van der Waals surface area contributed by atoms with Crippen molar-refractivity contribution in [3.05, 3.63) is 0 Å². The number of hydrogen-bond acceptors (Lipinski definition) is 2. The zero-order valence-corrected chi connectivity index (χ0v) is 10.3. The Labute approximate surface area is 96.6 Å². The van der Waals surface area contributed by atoms with Gasteiger partial charge in [-0.05, 0) is 18.8 Å². The van der Waals surface area contributed by atoms with Gasteiger partial charge in [-0.1, -0.05) is 20.3 Å². The molecule has 0 bridgehead atoms. The summed E-state index contributed by atoms with van der Waals surface area (Å²) < 4.78 is 0. The van der Waals surface area contributed by atoms with E-state index in [0.717, 1.165) is 12.8 Å². The van der Waals surface area contributed by atoms with Gasteiger partial charge in [-0.3, -0.25) is 9.59 Å². The van der Waals surface area contributed by atoms with Gasteiger partial charge in [0.25, 0.3) is 0 Å². The lowest BCUT2D eigenvalue weighted by Gasteiger charge is -2.24. The molecule has 4 heteroatoms. The Bertz CT molecular complexity index is 275. The van der Waals surface area contributed by atoms with Crippen LogP contribution in [0.5, 0.6) is 0 Å². The van der Waals surface area contributed by atoms with E-state index < -0.39 is 11.9 Å². The highest BCUT2D eigenvalue weighted by atomic mass is 16.4. The van der Waals surface area contributed by atoms with Gasteiger partial charge in [0.2, 0.25) is 5.91 Å². The molecule has 1 amide bonds. The fourth-order valence-electron chi connectivity index (χ4n) is 2.47. The molecule has 1 N–H and O–H groups in total. The zero-order valence-electron chi connectivity index (χ0n) is 10.3. The molecular weight excluding hydrogens is 206 g/mol. The second-order valence-electron chi connectivity index (χ2n) is 5.09. The van der Waals surface area contributed by atoms with E-state index in [1.807, 2.05) is 13.8 Å². The number of hydrogen-bond donors (Lipinski definition) is 1. The van der Waals surface area contributed by atoms with Gasteiger partial charge in [-0.25, -0.2) is 0 Å². The molecule has 0 aromatic heterocycles. The number of nitrogens with zero attached hydrogens (tertiary/aromatic N) is 1. The van der Waals surface area contributed by atoms with Crippen molar-refractivity contribution in [2.75, 3.05) is 13.6 Å². The first-order valence-corrected chi connectivity index (χ1v) is 5.91. The second-order valence-corrected chi connectivity index (χ2v) is 5.09. The van der Waals surface area contributed by atoms with Gasteiger partial charge < -0.3 is 10.0 Å². The van der Waals surface area contributed by atoms with Crippen molar-refractivity contribution >= 4 is 11.9 Å². The van der Waals surface area contributed by atoms with Gasteiger partial charge in [0.1, 0.15) is 0 Å². The first-order valence-electron chi connectivity index (χ1n) is 5.91. The van der Waals surface area contributed by atoms with Crippen molar-refractivity contribution in [2.45, 2.75) is 33.1 Å². The monoisotopic (exact) mass is 227 g/mol. The maximum absolute atomic E-state index is 12.1. The molecule has 1 aliphatic rings. The maximum Gasteiger partial charge on any atom is 0.307 e. The summed E-state index contributed by atoms with van der Waals surface area (Å²) in [7, 11) is 1.76. The van der Waals surface area contributed by atoms with E-state index >= 15 is 0 Å². The molecule has 2 unspecified atom stereocenters. The summed E-state index contributed by atoms with van der Waals surface area (Å²) in [6, 6.07) is 0. The minimum absolute atomic E-state index is 0.00130. The van der Waals surface area contributed by atoms with E-state index in [2.05, 4.69) is 0 Å². The average molecular weight is 227 g/mol. The van der Waals surface area contributed by atoms with Gasteiger partial charge in [0.05, 0.1) is 11.8 Å². The first-order chi connectivity index (χ1) is 7.43. The predicted octanol–water partition coefficient (Wildman–Crippen LogP) is 1.60. The molecular formula is C12H21NO3. The van der Waals surface area contributed by atoms with Crippen LogP contribution in [0.4, 0.5) is 0 Å². The Kier molecular flexibility index (Phi) is 4.33. The molecule has 92 valence electrons. The number of carbonyl (C=O) groups excluding carboxylic acids is 1. The van der Waals surface area contributed by atoms with Crippen LogP contribution >= 0.6 is 0 Å². The number of rotatable bonds is 4. The summed E-state index contributed by atoms with van der Waals surface area (Å²) in [5, 5.41) is 9.03. The largest absolute Gasteiger partial charge is 0.481 e. The van der Waals surface area contributed by atoms with Crippen LogP contribution in [0.3, 0.4) is 0 Å². The molecule has 1 rings (SSSR count).